The lowest BCUT2D eigenvalue weighted by Gasteiger charge is -2.07. The number of pyridine rings is 1. The van der Waals surface area contributed by atoms with Crippen LogP contribution in [0.5, 0.6) is 0 Å². The van der Waals surface area contributed by atoms with Crippen LogP contribution in [0.4, 0.5) is 5.82 Å². The Morgan fingerprint density at radius 1 is 1.11 bits per heavy atom. The molecule has 0 saturated carbocycles. The minimum Gasteiger partial charge on any atom is -0.365 e. The van der Waals surface area contributed by atoms with Gasteiger partial charge in [-0.3, -0.25) is 0 Å². The van der Waals surface area contributed by atoms with Crippen molar-refractivity contribution in [3.8, 4) is 0 Å². The van der Waals surface area contributed by atoms with E-state index in [0.717, 1.165) is 12.4 Å². The summed E-state index contributed by atoms with van der Waals surface area (Å²) in [5.41, 5.74) is 2.56. The van der Waals surface area contributed by atoms with Crippen LogP contribution in [0.2, 0.25) is 0 Å². The number of aromatic nitrogens is 1. The van der Waals surface area contributed by atoms with Gasteiger partial charge >= 0.3 is 0 Å². The van der Waals surface area contributed by atoms with Crippen molar-refractivity contribution < 1.29 is 0 Å². The molecule has 0 fully saturated rings. The number of anilines is 1. The standard InChI is InChI=1S/C15H14N2S/c1-11-2-4-12(5-3-11)10-17-15-13-7-9-18-14(13)6-8-16-15/h2-9H,10H2,1H3,(H,16,17). The van der Waals surface area contributed by atoms with Gasteiger partial charge in [0.2, 0.25) is 0 Å². The highest BCUT2D eigenvalue weighted by Crippen LogP contribution is 2.25. The lowest BCUT2D eigenvalue weighted by molar-refractivity contribution is 1.12. The van der Waals surface area contributed by atoms with Crippen LogP contribution >= 0.6 is 11.3 Å². The topological polar surface area (TPSA) is 24.9 Å². The lowest BCUT2D eigenvalue weighted by Crippen LogP contribution is -2.01. The molecule has 3 heteroatoms. The van der Waals surface area contributed by atoms with Gasteiger partial charge in [0.1, 0.15) is 5.82 Å². The summed E-state index contributed by atoms with van der Waals surface area (Å²) in [5, 5.41) is 6.71. The van der Waals surface area contributed by atoms with E-state index in [-0.39, 0.29) is 0 Å². The molecule has 3 rings (SSSR count). The molecule has 0 saturated heterocycles. The maximum absolute atomic E-state index is 4.41. The van der Waals surface area contributed by atoms with Gasteiger partial charge in [-0.05, 0) is 30.0 Å². The molecular weight excluding hydrogens is 240 g/mol. The predicted molar refractivity (Wildman–Crippen MR) is 78.1 cm³/mol. The fourth-order valence-electron chi connectivity index (χ4n) is 1.93. The zero-order valence-electron chi connectivity index (χ0n) is 10.2. The number of thiophene rings is 1. The third kappa shape index (κ3) is 2.22. The Morgan fingerprint density at radius 2 is 1.94 bits per heavy atom. The van der Waals surface area contributed by atoms with Gasteiger partial charge < -0.3 is 5.32 Å². The lowest BCUT2D eigenvalue weighted by atomic mass is 10.1. The number of benzene rings is 1. The highest BCUT2D eigenvalue weighted by molar-refractivity contribution is 7.17. The first-order valence-electron chi connectivity index (χ1n) is 5.94. The van der Waals surface area contributed by atoms with E-state index in [9.17, 15) is 0 Å². The molecule has 2 nitrogen and oxygen atoms in total. The molecule has 2 aromatic heterocycles. The first kappa shape index (κ1) is 11.2. The molecule has 90 valence electrons. The molecule has 3 aromatic rings. The van der Waals surface area contributed by atoms with Crippen molar-refractivity contribution in [3.05, 3.63) is 59.1 Å². The molecule has 0 radical (unpaired) electrons. The second-order valence-corrected chi connectivity index (χ2v) is 5.28. The maximum atomic E-state index is 4.41. The van der Waals surface area contributed by atoms with Gasteiger partial charge in [0.25, 0.3) is 0 Å². The molecule has 0 spiro atoms. The Kier molecular flexibility index (Phi) is 2.99. The fraction of sp³-hybridized carbons (Fsp3) is 0.133. The van der Waals surface area contributed by atoms with E-state index < -0.39 is 0 Å². The molecule has 1 N–H and O–H groups in total. The second-order valence-electron chi connectivity index (χ2n) is 4.33. The average Bonchev–Trinajstić information content (AvgIpc) is 2.87. The first-order chi connectivity index (χ1) is 8.83. The summed E-state index contributed by atoms with van der Waals surface area (Å²) in [5.74, 6) is 0.967. The third-order valence-corrected chi connectivity index (χ3v) is 3.84. The number of rotatable bonds is 3. The Morgan fingerprint density at radius 3 is 2.78 bits per heavy atom. The molecule has 0 atom stereocenters. The number of fused-ring (bicyclic) bond motifs is 1. The quantitative estimate of drug-likeness (QED) is 0.757. The molecular formula is C15H14N2S. The Hall–Kier alpha value is -1.87. The third-order valence-electron chi connectivity index (χ3n) is 2.96. The van der Waals surface area contributed by atoms with Crippen LogP contribution < -0.4 is 5.32 Å². The van der Waals surface area contributed by atoms with E-state index in [4.69, 9.17) is 0 Å². The van der Waals surface area contributed by atoms with Crippen LogP contribution in [0.1, 0.15) is 11.1 Å². The molecule has 0 amide bonds. The van der Waals surface area contributed by atoms with Gasteiger partial charge in [-0.1, -0.05) is 29.8 Å². The Bertz CT molecular complexity index is 656. The van der Waals surface area contributed by atoms with Gasteiger partial charge in [-0.2, -0.15) is 0 Å². The maximum Gasteiger partial charge on any atom is 0.134 e. The zero-order valence-corrected chi connectivity index (χ0v) is 11.0. The minimum atomic E-state index is 0.808. The van der Waals surface area contributed by atoms with Crippen molar-refractivity contribution in [2.24, 2.45) is 0 Å². The van der Waals surface area contributed by atoms with Crippen LogP contribution in [0, 0.1) is 6.92 Å². The predicted octanol–water partition coefficient (Wildman–Crippen LogP) is 4.22. The van der Waals surface area contributed by atoms with Crippen LogP contribution in [-0.2, 0) is 6.54 Å². The summed E-state index contributed by atoms with van der Waals surface area (Å²) >= 11 is 1.75. The largest absolute Gasteiger partial charge is 0.365 e. The van der Waals surface area contributed by atoms with E-state index in [1.54, 1.807) is 11.3 Å². The highest BCUT2D eigenvalue weighted by Gasteiger charge is 2.02. The number of nitrogens with zero attached hydrogens (tertiary/aromatic N) is 1. The second kappa shape index (κ2) is 4.78. The van der Waals surface area contributed by atoms with Crippen LogP contribution in [-0.4, -0.2) is 4.98 Å². The normalized spacial score (nSPS) is 10.7. The summed E-state index contributed by atoms with van der Waals surface area (Å²) in [4.78, 5) is 4.41. The average molecular weight is 254 g/mol. The van der Waals surface area contributed by atoms with Crippen molar-refractivity contribution >= 4 is 27.2 Å². The fourth-order valence-corrected chi connectivity index (χ4v) is 2.71. The van der Waals surface area contributed by atoms with E-state index >= 15 is 0 Å². The van der Waals surface area contributed by atoms with Crippen molar-refractivity contribution in [1.29, 1.82) is 0 Å². The van der Waals surface area contributed by atoms with E-state index in [1.165, 1.54) is 21.2 Å². The molecule has 0 aliphatic heterocycles. The number of nitrogens with one attached hydrogen (secondary N) is 1. The molecule has 18 heavy (non-hydrogen) atoms. The van der Waals surface area contributed by atoms with Crippen molar-refractivity contribution in [3.63, 3.8) is 0 Å². The molecule has 0 bridgehead atoms. The Balaban J connectivity index is 1.80. The Labute approximate surface area is 110 Å². The van der Waals surface area contributed by atoms with E-state index in [0.29, 0.717) is 0 Å². The molecule has 2 heterocycles. The van der Waals surface area contributed by atoms with Gasteiger partial charge in [0, 0.05) is 22.8 Å². The number of hydrogen-bond donors (Lipinski definition) is 1. The van der Waals surface area contributed by atoms with Gasteiger partial charge in [0.15, 0.2) is 0 Å². The molecule has 0 aliphatic carbocycles. The summed E-state index contributed by atoms with van der Waals surface area (Å²) < 4.78 is 1.27. The summed E-state index contributed by atoms with van der Waals surface area (Å²) in [6, 6.07) is 12.7. The SMILES string of the molecule is Cc1ccc(CNc2nccc3sccc23)cc1. The highest BCUT2D eigenvalue weighted by atomic mass is 32.1. The molecule has 0 aliphatic rings. The smallest absolute Gasteiger partial charge is 0.134 e. The van der Waals surface area contributed by atoms with Crippen molar-refractivity contribution in [1.82, 2.24) is 4.98 Å². The van der Waals surface area contributed by atoms with Gasteiger partial charge in [-0.25, -0.2) is 4.98 Å². The van der Waals surface area contributed by atoms with E-state index in [1.807, 2.05) is 6.20 Å². The number of hydrogen-bond acceptors (Lipinski definition) is 3. The molecule has 0 unspecified atom stereocenters. The van der Waals surface area contributed by atoms with Crippen molar-refractivity contribution in [2.75, 3.05) is 5.32 Å². The van der Waals surface area contributed by atoms with Gasteiger partial charge in [-0.15, -0.1) is 11.3 Å². The van der Waals surface area contributed by atoms with Crippen LogP contribution in [0.25, 0.3) is 10.1 Å². The van der Waals surface area contributed by atoms with Crippen LogP contribution in [0.15, 0.2) is 48.0 Å². The molecule has 1 aromatic carbocycles. The number of aryl methyl sites for hydroxylation is 1. The zero-order chi connectivity index (χ0) is 12.4. The van der Waals surface area contributed by atoms with Gasteiger partial charge in [0.05, 0.1) is 0 Å². The summed E-state index contributed by atoms with van der Waals surface area (Å²) in [6.45, 7) is 2.91. The first-order valence-corrected chi connectivity index (χ1v) is 6.82. The van der Waals surface area contributed by atoms with E-state index in [2.05, 4.69) is 59.0 Å². The van der Waals surface area contributed by atoms with Crippen molar-refractivity contribution in [2.45, 2.75) is 13.5 Å². The monoisotopic (exact) mass is 254 g/mol. The van der Waals surface area contributed by atoms with Crippen LogP contribution in [0.3, 0.4) is 0 Å². The summed E-state index contributed by atoms with van der Waals surface area (Å²) in [6.07, 6.45) is 1.86. The summed E-state index contributed by atoms with van der Waals surface area (Å²) in [7, 11) is 0. The minimum absolute atomic E-state index is 0.808.